The molecule has 0 saturated heterocycles. The lowest BCUT2D eigenvalue weighted by Crippen LogP contribution is -2.10. The van der Waals surface area contributed by atoms with E-state index in [-0.39, 0.29) is 17.4 Å². The fraction of sp³-hybridized carbons (Fsp3) is 0.200. The number of nitrogens with zero attached hydrogens (tertiary/aromatic N) is 2. The van der Waals surface area contributed by atoms with Gasteiger partial charge in [-0.3, -0.25) is 14.7 Å². The van der Waals surface area contributed by atoms with Gasteiger partial charge in [0.2, 0.25) is 11.1 Å². The lowest BCUT2D eigenvalue weighted by Gasteiger charge is -2.05. The molecule has 2 N–H and O–H groups in total. The highest BCUT2D eigenvalue weighted by Gasteiger charge is 2.12. The Morgan fingerprint density at radius 2 is 1.89 bits per heavy atom. The number of halogens is 1. The lowest BCUT2D eigenvalue weighted by atomic mass is 10.1. The van der Waals surface area contributed by atoms with E-state index in [4.69, 9.17) is 0 Å². The summed E-state index contributed by atoms with van der Waals surface area (Å²) in [6.07, 6.45) is 1.28. The van der Waals surface area contributed by atoms with Crippen molar-refractivity contribution >= 4 is 45.1 Å². The van der Waals surface area contributed by atoms with E-state index >= 15 is 0 Å². The summed E-state index contributed by atoms with van der Waals surface area (Å²) in [5.74, 6) is 0.829. The monoisotopic (exact) mass is 458 g/mol. The minimum atomic E-state index is -0.0254. The summed E-state index contributed by atoms with van der Waals surface area (Å²) in [4.78, 5) is 28.5. The highest BCUT2D eigenvalue weighted by molar-refractivity contribution is 9.10. The Bertz CT molecular complexity index is 972. The molecule has 1 amide bonds. The van der Waals surface area contributed by atoms with Crippen LogP contribution >= 0.6 is 27.7 Å². The Labute approximate surface area is 175 Å². The van der Waals surface area contributed by atoms with Crippen LogP contribution in [0.3, 0.4) is 0 Å². The molecule has 0 fully saturated rings. The maximum Gasteiger partial charge on any atom is 0.224 e. The van der Waals surface area contributed by atoms with Crippen LogP contribution in [-0.4, -0.2) is 32.6 Å². The van der Waals surface area contributed by atoms with E-state index in [9.17, 15) is 9.59 Å². The topological polar surface area (TPSA) is 87.7 Å². The molecule has 0 bridgehead atoms. The Morgan fingerprint density at radius 3 is 2.61 bits per heavy atom. The van der Waals surface area contributed by atoms with Crippen LogP contribution < -0.4 is 5.32 Å². The van der Waals surface area contributed by atoms with Crippen molar-refractivity contribution in [1.29, 1.82) is 0 Å². The predicted molar refractivity (Wildman–Crippen MR) is 115 cm³/mol. The quantitative estimate of drug-likeness (QED) is 0.368. The van der Waals surface area contributed by atoms with Crippen molar-refractivity contribution in [3.8, 4) is 11.4 Å². The van der Waals surface area contributed by atoms with Crippen molar-refractivity contribution in [2.24, 2.45) is 0 Å². The average molecular weight is 459 g/mol. The summed E-state index contributed by atoms with van der Waals surface area (Å²) >= 11 is 4.77. The first-order chi connectivity index (χ1) is 13.6. The Morgan fingerprint density at radius 1 is 1.14 bits per heavy atom. The molecule has 3 rings (SSSR count). The van der Waals surface area contributed by atoms with Gasteiger partial charge in [0, 0.05) is 27.7 Å². The smallest absolute Gasteiger partial charge is 0.224 e. The van der Waals surface area contributed by atoms with Crippen LogP contribution in [0.2, 0.25) is 0 Å². The summed E-state index contributed by atoms with van der Waals surface area (Å²) in [5.41, 5.74) is 2.19. The highest BCUT2D eigenvalue weighted by Crippen LogP contribution is 2.26. The van der Waals surface area contributed by atoms with Crippen molar-refractivity contribution in [2.45, 2.75) is 24.9 Å². The number of hydrogen-bond acceptors (Lipinski definition) is 5. The number of rotatable bonds is 8. The molecule has 144 valence electrons. The van der Waals surface area contributed by atoms with Crippen LogP contribution in [0, 0.1) is 0 Å². The maximum atomic E-state index is 12.4. The fourth-order valence-corrected chi connectivity index (χ4v) is 3.65. The number of H-pyrrole nitrogens is 1. The van der Waals surface area contributed by atoms with Crippen LogP contribution in [-0.2, 0) is 4.79 Å². The van der Waals surface area contributed by atoms with E-state index in [2.05, 4.69) is 36.4 Å². The third kappa shape index (κ3) is 5.30. The number of aromatic nitrogens is 3. The van der Waals surface area contributed by atoms with E-state index in [1.54, 1.807) is 24.3 Å². The molecule has 28 heavy (non-hydrogen) atoms. The second-order valence-electron chi connectivity index (χ2n) is 6.03. The SMILES string of the molecule is CCCC(=O)Nc1ccc(C(=O)CSc2n[nH]c(-c3ccccc3Br)n2)cc1. The first kappa shape index (κ1) is 20.3. The van der Waals surface area contributed by atoms with Crippen molar-refractivity contribution in [2.75, 3.05) is 11.1 Å². The fourth-order valence-electron chi connectivity index (χ4n) is 2.49. The van der Waals surface area contributed by atoms with Gasteiger partial charge in [-0.15, -0.1) is 5.10 Å². The Hall–Kier alpha value is -2.45. The number of aromatic amines is 1. The number of hydrogen-bond donors (Lipinski definition) is 2. The zero-order valence-corrected chi connectivity index (χ0v) is 17.6. The number of anilines is 1. The molecule has 1 aromatic heterocycles. The van der Waals surface area contributed by atoms with Crippen LogP contribution in [0.4, 0.5) is 5.69 Å². The number of carbonyl (C=O) groups is 2. The van der Waals surface area contributed by atoms with Gasteiger partial charge in [-0.1, -0.05) is 52.8 Å². The summed E-state index contributed by atoms with van der Waals surface area (Å²) in [7, 11) is 0. The molecule has 0 saturated carbocycles. The van der Waals surface area contributed by atoms with Crippen LogP contribution in [0.25, 0.3) is 11.4 Å². The largest absolute Gasteiger partial charge is 0.326 e. The van der Waals surface area contributed by atoms with Gasteiger partial charge in [-0.05, 0) is 36.8 Å². The number of amides is 1. The van der Waals surface area contributed by atoms with Gasteiger partial charge >= 0.3 is 0 Å². The maximum absolute atomic E-state index is 12.4. The highest BCUT2D eigenvalue weighted by atomic mass is 79.9. The molecular weight excluding hydrogens is 440 g/mol. The van der Waals surface area contributed by atoms with Gasteiger partial charge in [0.05, 0.1) is 5.75 Å². The Balaban J connectivity index is 1.57. The number of nitrogens with one attached hydrogen (secondary N) is 2. The van der Waals surface area contributed by atoms with Gasteiger partial charge < -0.3 is 5.32 Å². The number of benzene rings is 2. The van der Waals surface area contributed by atoms with E-state index < -0.39 is 0 Å². The van der Waals surface area contributed by atoms with E-state index in [0.717, 1.165) is 16.5 Å². The molecule has 1 heterocycles. The minimum Gasteiger partial charge on any atom is -0.326 e. The van der Waals surface area contributed by atoms with Gasteiger partial charge in [-0.2, -0.15) is 0 Å². The van der Waals surface area contributed by atoms with Crippen LogP contribution in [0.1, 0.15) is 30.1 Å². The van der Waals surface area contributed by atoms with Gasteiger partial charge in [0.1, 0.15) is 0 Å². The third-order valence-electron chi connectivity index (χ3n) is 3.89. The Kier molecular flexibility index (Phi) is 7.00. The zero-order valence-electron chi connectivity index (χ0n) is 15.2. The van der Waals surface area contributed by atoms with Gasteiger partial charge in [-0.25, -0.2) is 4.98 Å². The molecule has 6 nitrogen and oxygen atoms in total. The lowest BCUT2D eigenvalue weighted by molar-refractivity contribution is -0.116. The third-order valence-corrected chi connectivity index (χ3v) is 5.43. The second kappa shape index (κ2) is 9.66. The first-order valence-electron chi connectivity index (χ1n) is 8.80. The minimum absolute atomic E-state index is 0.0244. The van der Waals surface area contributed by atoms with E-state index in [1.807, 2.05) is 31.2 Å². The normalized spacial score (nSPS) is 10.6. The molecule has 0 atom stereocenters. The molecule has 0 aliphatic rings. The summed E-state index contributed by atoms with van der Waals surface area (Å²) < 4.78 is 0.921. The van der Waals surface area contributed by atoms with Crippen LogP contribution in [0.15, 0.2) is 58.2 Å². The molecular formula is C20H19BrN4O2S. The predicted octanol–water partition coefficient (Wildman–Crippen LogP) is 4.95. The van der Waals surface area contributed by atoms with E-state index in [1.165, 1.54) is 11.8 Å². The van der Waals surface area contributed by atoms with Crippen molar-refractivity contribution < 1.29 is 9.59 Å². The standard InChI is InChI=1S/C20H19BrN4O2S/c1-2-5-18(27)22-14-10-8-13(9-11-14)17(26)12-28-20-23-19(24-25-20)15-6-3-4-7-16(15)21/h3-4,6-11H,2,5,12H2,1H3,(H,22,27)(H,23,24,25). The number of Topliss-reactive ketones (excluding diaryl/α,β-unsaturated/α-hetero) is 1. The molecule has 0 radical (unpaired) electrons. The zero-order chi connectivity index (χ0) is 19.9. The molecule has 0 unspecified atom stereocenters. The molecule has 2 aromatic carbocycles. The molecule has 8 heteroatoms. The summed E-state index contributed by atoms with van der Waals surface area (Å²) in [6, 6.07) is 14.6. The molecule has 0 aliphatic heterocycles. The second-order valence-corrected chi connectivity index (χ2v) is 7.83. The van der Waals surface area contributed by atoms with Crippen LogP contribution in [0.5, 0.6) is 0 Å². The number of carbonyl (C=O) groups excluding carboxylic acids is 2. The van der Waals surface area contributed by atoms with Gasteiger partial charge in [0.15, 0.2) is 11.6 Å². The number of thioether (sulfide) groups is 1. The van der Waals surface area contributed by atoms with Crippen molar-refractivity contribution in [1.82, 2.24) is 15.2 Å². The van der Waals surface area contributed by atoms with Gasteiger partial charge in [0.25, 0.3) is 0 Å². The average Bonchev–Trinajstić information content (AvgIpc) is 3.16. The number of ketones is 1. The van der Waals surface area contributed by atoms with Crippen molar-refractivity contribution in [3.63, 3.8) is 0 Å². The van der Waals surface area contributed by atoms with E-state index in [0.29, 0.717) is 28.7 Å². The molecule has 0 aliphatic carbocycles. The first-order valence-corrected chi connectivity index (χ1v) is 10.6. The molecule has 0 spiro atoms. The summed E-state index contributed by atoms with van der Waals surface area (Å²) in [6.45, 7) is 1.95. The van der Waals surface area contributed by atoms with Crippen molar-refractivity contribution in [3.05, 3.63) is 58.6 Å². The molecule has 3 aromatic rings. The summed E-state index contributed by atoms with van der Waals surface area (Å²) in [5, 5.41) is 10.4.